The summed E-state index contributed by atoms with van der Waals surface area (Å²) in [6.45, 7) is 8.83. The summed E-state index contributed by atoms with van der Waals surface area (Å²) in [6, 6.07) is 13.0. The first-order valence-electron chi connectivity index (χ1n) is 13.9. The molecule has 2 aliphatic heterocycles. The smallest absolute Gasteiger partial charge is 0.225 e. The Kier molecular flexibility index (Phi) is 6.48. The van der Waals surface area contributed by atoms with Crippen LogP contribution in [0.5, 0.6) is 0 Å². The Morgan fingerprint density at radius 3 is 2.45 bits per heavy atom. The van der Waals surface area contributed by atoms with Gasteiger partial charge in [0.1, 0.15) is 5.60 Å². The Bertz CT molecular complexity index is 1330. The minimum Gasteiger partial charge on any atom is -0.382 e. The van der Waals surface area contributed by atoms with Gasteiger partial charge in [0, 0.05) is 82.4 Å². The fourth-order valence-corrected chi connectivity index (χ4v) is 6.19. The summed E-state index contributed by atoms with van der Waals surface area (Å²) in [5.41, 5.74) is 4.65. The minimum atomic E-state index is -0.753. The second-order valence-corrected chi connectivity index (χ2v) is 11.5. The fraction of sp³-hybridized carbons (Fsp3) is 0.500. The van der Waals surface area contributed by atoms with Gasteiger partial charge in [0.2, 0.25) is 5.91 Å². The molecule has 0 bridgehead atoms. The Morgan fingerprint density at radius 2 is 1.79 bits per heavy atom. The molecule has 1 N–H and O–H groups in total. The number of piperazine rings is 1. The van der Waals surface area contributed by atoms with Crippen LogP contribution in [0.3, 0.4) is 0 Å². The van der Waals surface area contributed by atoms with Crippen molar-refractivity contribution in [3.05, 3.63) is 54.4 Å². The molecule has 4 heterocycles. The number of aliphatic imine (C=N–C) groups is 1. The van der Waals surface area contributed by atoms with E-state index in [9.17, 15) is 9.90 Å². The van der Waals surface area contributed by atoms with Crippen LogP contribution in [0.15, 0.2) is 53.8 Å². The van der Waals surface area contributed by atoms with Crippen molar-refractivity contribution in [2.24, 2.45) is 16.8 Å². The van der Waals surface area contributed by atoms with Gasteiger partial charge in [0.15, 0.2) is 0 Å². The van der Waals surface area contributed by atoms with Crippen LogP contribution in [0.25, 0.3) is 16.6 Å². The zero-order chi connectivity index (χ0) is 26.4. The van der Waals surface area contributed by atoms with Gasteiger partial charge in [-0.25, -0.2) is 4.52 Å². The number of anilines is 1. The van der Waals surface area contributed by atoms with E-state index in [1.807, 2.05) is 21.8 Å². The Morgan fingerprint density at radius 1 is 1.08 bits per heavy atom. The Hall–Kier alpha value is -3.23. The van der Waals surface area contributed by atoms with Gasteiger partial charge in [-0.15, -0.1) is 0 Å². The third kappa shape index (κ3) is 4.50. The van der Waals surface area contributed by atoms with Crippen molar-refractivity contribution < 1.29 is 9.90 Å². The maximum absolute atomic E-state index is 12.9. The predicted molar refractivity (Wildman–Crippen MR) is 151 cm³/mol. The zero-order valence-corrected chi connectivity index (χ0v) is 22.6. The molecular weight excluding hydrogens is 476 g/mol. The molecule has 2 aromatic heterocycles. The van der Waals surface area contributed by atoms with Crippen LogP contribution < -0.4 is 4.90 Å². The van der Waals surface area contributed by atoms with Crippen molar-refractivity contribution in [2.75, 3.05) is 51.2 Å². The van der Waals surface area contributed by atoms with Gasteiger partial charge in [-0.2, -0.15) is 5.10 Å². The van der Waals surface area contributed by atoms with Crippen molar-refractivity contribution >= 4 is 23.3 Å². The molecule has 1 amide bonds. The van der Waals surface area contributed by atoms with Crippen molar-refractivity contribution in [3.63, 3.8) is 0 Å². The molecule has 3 fully saturated rings. The summed E-state index contributed by atoms with van der Waals surface area (Å²) < 4.78 is 1.94. The first-order chi connectivity index (χ1) is 18.3. The van der Waals surface area contributed by atoms with E-state index in [2.05, 4.69) is 76.3 Å². The van der Waals surface area contributed by atoms with Gasteiger partial charge in [-0.1, -0.05) is 24.3 Å². The van der Waals surface area contributed by atoms with E-state index in [0.717, 1.165) is 66.9 Å². The standard InChI is InChI=1S/C30H38N6O2/c1-21(2)35-19-30(38,20-35)26-6-4-23(5-7-26)25-16-28-27(8-9-32-36(28)18-25)33-10-12-34(13-11-33)29(37)24-14-22(15-24)17-31-3/h4-9,16-18,21-22,24,38H,10-15,19-20H2,1-3H3. The highest BCUT2D eigenvalue weighted by atomic mass is 16.3. The number of carbonyl (C=O) groups excluding carboxylic acids is 1. The van der Waals surface area contributed by atoms with E-state index in [1.165, 1.54) is 0 Å². The Labute approximate surface area is 224 Å². The SMILES string of the molecule is CN=CC1CC(C(=O)N2CCN(c3ccnn4cc(-c5ccc(C6(O)CN(C(C)C)C6)cc5)cc34)CC2)C1. The predicted octanol–water partition coefficient (Wildman–Crippen LogP) is 3.29. The van der Waals surface area contributed by atoms with Crippen LogP contribution in [0, 0.1) is 11.8 Å². The normalized spacial score (nSPS) is 23.7. The summed E-state index contributed by atoms with van der Waals surface area (Å²) >= 11 is 0. The lowest BCUT2D eigenvalue weighted by Gasteiger charge is -2.49. The molecule has 1 aliphatic carbocycles. The van der Waals surface area contributed by atoms with Crippen LogP contribution in [-0.4, -0.2) is 89.0 Å². The average molecular weight is 515 g/mol. The number of fused-ring (bicyclic) bond motifs is 1. The third-order valence-corrected chi connectivity index (χ3v) is 8.72. The number of rotatable bonds is 6. The van der Waals surface area contributed by atoms with E-state index in [4.69, 9.17) is 0 Å². The molecule has 3 aromatic rings. The molecule has 8 nitrogen and oxygen atoms in total. The number of β-amino-alcohol motifs (C(OH)–C–C–N with tert-alkyl or cyclic N) is 1. The van der Waals surface area contributed by atoms with E-state index >= 15 is 0 Å². The lowest BCUT2D eigenvalue weighted by molar-refractivity contribution is -0.139. The van der Waals surface area contributed by atoms with Crippen molar-refractivity contribution in [1.29, 1.82) is 0 Å². The van der Waals surface area contributed by atoms with Gasteiger partial charge in [0.25, 0.3) is 0 Å². The first-order valence-corrected chi connectivity index (χ1v) is 13.9. The maximum atomic E-state index is 12.9. The number of aromatic nitrogens is 2. The number of hydrogen-bond donors (Lipinski definition) is 1. The summed E-state index contributed by atoms with van der Waals surface area (Å²) in [4.78, 5) is 23.7. The van der Waals surface area contributed by atoms with Crippen LogP contribution in [0.2, 0.25) is 0 Å². The van der Waals surface area contributed by atoms with Crippen molar-refractivity contribution in [2.45, 2.75) is 38.3 Å². The van der Waals surface area contributed by atoms with Crippen molar-refractivity contribution in [3.8, 4) is 11.1 Å². The molecule has 6 rings (SSSR count). The quantitative estimate of drug-likeness (QED) is 0.511. The van der Waals surface area contributed by atoms with Gasteiger partial charge in [-0.3, -0.25) is 9.69 Å². The van der Waals surface area contributed by atoms with Crippen LogP contribution in [-0.2, 0) is 10.4 Å². The first kappa shape index (κ1) is 25.1. The molecule has 2 saturated heterocycles. The molecule has 1 aromatic carbocycles. The van der Waals surface area contributed by atoms with Crippen molar-refractivity contribution in [1.82, 2.24) is 19.4 Å². The van der Waals surface area contributed by atoms with Gasteiger partial charge < -0.3 is 19.9 Å². The van der Waals surface area contributed by atoms with E-state index in [1.54, 1.807) is 7.05 Å². The molecule has 0 atom stereocenters. The lowest BCUT2D eigenvalue weighted by atomic mass is 9.75. The monoisotopic (exact) mass is 514 g/mol. The van der Waals surface area contributed by atoms with Crippen LogP contribution >= 0.6 is 0 Å². The molecule has 3 aliphatic rings. The van der Waals surface area contributed by atoms with Crippen LogP contribution in [0.4, 0.5) is 5.69 Å². The highest BCUT2D eigenvalue weighted by Gasteiger charge is 2.43. The molecule has 38 heavy (non-hydrogen) atoms. The number of carbonyl (C=O) groups is 1. The van der Waals surface area contributed by atoms with Gasteiger partial charge in [0.05, 0.1) is 11.2 Å². The number of nitrogens with zero attached hydrogens (tertiary/aromatic N) is 6. The number of amides is 1. The summed E-state index contributed by atoms with van der Waals surface area (Å²) in [6.07, 6.45) is 7.77. The third-order valence-electron chi connectivity index (χ3n) is 8.72. The van der Waals surface area contributed by atoms with E-state index < -0.39 is 5.60 Å². The zero-order valence-electron chi connectivity index (χ0n) is 22.6. The molecule has 200 valence electrons. The highest BCUT2D eigenvalue weighted by molar-refractivity contribution is 5.83. The summed E-state index contributed by atoms with van der Waals surface area (Å²) in [5.74, 6) is 0.941. The Balaban J connectivity index is 1.13. The number of hydrogen-bond acceptors (Lipinski definition) is 6. The molecule has 8 heteroatoms. The van der Waals surface area contributed by atoms with Gasteiger partial charge >= 0.3 is 0 Å². The number of likely N-dealkylation sites (tertiary alicyclic amines) is 1. The number of benzene rings is 1. The second kappa shape index (κ2) is 9.82. The molecule has 0 radical (unpaired) electrons. The van der Waals surface area contributed by atoms with Crippen LogP contribution in [0.1, 0.15) is 32.3 Å². The summed E-state index contributed by atoms with van der Waals surface area (Å²) in [7, 11) is 1.80. The second-order valence-electron chi connectivity index (χ2n) is 11.5. The topological polar surface area (TPSA) is 76.7 Å². The molecule has 0 spiro atoms. The maximum Gasteiger partial charge on any atom is 0.225 e. The highest BCUT2D eigenvalue weighted by Crippen LogP contribution is 2.36. The lowest BCUT2D eigenvalue weighted by Crippen LogP contribution is -2.61. The fourth-order valence-electron chi connectivity index (χ4n) is 6.19. The molecule has 1 saturated carbocycles. The van der Waals surface area contributed by atoms with E-state index in [-0.39, 0.29) is 5.92 Å². The van der Waals surface area contributed by atoms with E-state index in [0.29, 0.717) is 31.0 Å². The largest absolute Gasteiger partial charge is 0.382 e. The summed E-state index contributed by atoms with van der Waals surface area (Å²) in [5, 5.41) is 15.6. The average Bonchev–Trinajstić information content (AvgIpc) is 3.33. The van der Waals surface area contributed by atoms with Gasteiger partial charge in [-0.05, 0) is 55.9 Å². The minimum absolute atomic E-state index is 0.163. The molecular formula is C30H38N6O2. The molecule has 0 unspecified atom stereocenters. The number of aliphatic hydroxyl groups is 1.